The number of aromatic nitrogens is 4. The van der Waals surface area contributed by atoms with Crippen LogP contribution in [0.3, 0.4) is 0 Å². The Morgan fingerprint density at radius 1 is 1.33 bits per heavy atom. The van der Waals surface area contributed by atoms with Crippen molar-refractivity contribution < 1.29 is 4.74 Å². The van der Waals surface area contributed by atoms with Gasteiger partial charge in [-0.05, 0) is 57.9 Å². The van der Waals surface area contributed by atoms with E-state index < -0.39 is 0 Å². The number of ether oxygens (including phenoxy) is 1. The molecule has 0 bridgehead atoms. The maximum atomic E-state index is 5.27. The van der Waals surface area contributed by atoms with E-state index in [1.165, 1.54) is 0 Å². The first-order valence-corrected chi connectivity index (χ1v) is 7.67. The summed E-state index contributed by atoms with van der Waals surface area (Å²) in [6, 6.07) is 5.77. The van der Waals surface area contributed by atoms with E-state index in [4.69, 9.17) is 4.74 Å². The first-order valence-electron chi connectivity index (χ1n) is 6.88. The van der Waals surface area contributed by atoms with E-state index >= 15 is 0 Å². The molecule has 0 spiro atoms. The fraction of sp³-hybridized carbons (Fsp3) is 0.500. The molecule has 2 rings (SSSR count). The monoisotopic (exact) mass is 353 g/mol. The van der Waals surface area contributed by atoms with Crippen LogP contribution in [0.4, 0.5) is 0 Å². The lowest BCUT2D eigenvalue weighted by Gasteiger charge is -2.16. The van der Waals surface area contributed by atoms with Crippen LogP contribution >= 0.6 is 15.9 Å². The maximum Gasteiger partial charge on any atom is 0.173 e. The van der Waals surface area contributed by atoms with Crippen LogP contribution in [-0.4, -0.2) is 33.9 Å². The summed E-state index contributed by atoms with van der Waals surface area (Å²) >= 11 is 3.53. The lowest BCUT2D eigenvalue weighted by Crippen LogP contribution is -2.25. The third-order valence-corrected chi connectivity index (χ3v) is 3.77. The summed E-state index contributed by atoms with van der Waals surface area (Å²) in [5.74, 6) is 2.10. The zero-order valence-corrected chi connectivity index (χ0v) is 14.3. The minimum absolute atomic E-state index is 0.0560. The minimum atomic E-state index is 0.0560. The van der Waals surface area contributed by atoms with Gasteiger partial charge in [-0.1, -0.05) is 13.8 Å². The molecule has 1 N–H and O–H groups in total. The highest BCUT2D eigenvalue weighted by Gasteiger charge is 2.17. The lowest BCUT2D eigenvalue weighted by atomic mass is 10.2. The molecule has 1 aromatic heterocycles. The van der Waals surface area contributed by atoms with Gasteiger partial charge in [0.2, 0.25) is 0 Å². The number of rotatable bonds is 6. The Kier molecular flexibility index (Phi) is 5.30. The van der Waals surface area contributed by atoms with Crippen molar-refractivity contribution in [3.63, 3.8) is 0 Å². The molecule has 0 amide bonds. The minimum Gasteiger partial charge on any atom is -0.497 e. The number of tetrazole rings is 1. The Morgan fingerprint density at radius 2 is 2.10 bits per heavy atom. The van der Waals surface area contributed by atoms with Gasteiger partial charge in [0, 0.05) is 10.5 Å². The predicted octanol–water partition coefficient (Wildman–Crippen LogP) is 2.74. The van der Waals surface area contributed by atoms with Gasteiger partial charge in [-0.25, -0.2) is 0 Å². The van der Waals surface area contributed by atoms with Gasteiger partial charge in [0.05, 0.1) is 18.8 Å². The molecule has 2 aromatic rings. The van der Waals surface area contributed by atoms with Crippen molar-refractivity contribution in [1.82, 2.24) is 25.5 Å². The topological polar surface area (TPSA) is 64.9 Å². The zero-order chi connectivity index (χ0) is 15.4. The first-order chi connectivity index (χ1) is 10.0. The van der Waals surface area contributed by atoms with Crippen LogP contribution in [0.5, 0.6) is 5.75 Å². The summed E-state index contributed by atoms with van der Waals surface area (Å²) in [5, 5.41) is 15.5. The van der Waals surface area contributed by atoms with E-state index in [1.54, 1.807) is 11.8 Å². The first kappa shape index (κ1) is 15.9. The average Bonchev–Trinajstić information content (AvgIpc) is 2.94. The van der Waals surface area contributed by atoms with Gasteiger partial charge in [0.1, 0.15) is 5.75 Å². The second-order valence-electron chi connectivity index (χ2n) is 5.29. The Bertz CT molecular complexity index is 599. The van der Waals surface area contributed by atoms with Crippen molar-refractivity contribution >= 4 is 15.9 Å². The molecule has 0 aliphatic heterocycles. The summed E-state index contributed by atoms with van der Waals surface area (Å²) in [4.78, 5) is 0. The molecule has 1 unspecified atom stereocenters. The molecule has 1 atom stereocenters. The number of nitrogens with one attached hydrogen (secondary N) is 1. The molecule has 21 heavy (non-hydrogen) atoms. The van der Waals surface area contributed by atoms with E-state index in [2.05, 4.69) is 57.5 Å². The fourth-order valence-corrected chi connectivity index (χ4v) is 2.34. The number of benzene rings is 1. The van der Waals surface area contributed by atoms with E-state index in [1.807, 2.05) is 18.2 Å². The number of hydrogen-bond donors (Lipinski definition) is 1. The summed E-state index contributed by atoms with van der Waals surface area (Å²) in [6.45, 7) is 7.30. The van der Waals surface area contributed by atoms with Gasteiger partial charge >= 0.3 is 0 Å². The summed E-state index contributed by atoms with van der Waals surface area (Å²) < 4.78 is 7.91. The van der Waals surface area contributed by atoms with Crippen LogP contribution < -0.4 is 10.1 Å². The third-order valence-electron chi connectivity index (χ3n) is 3.09. The number of halogens is 1. The van der Waals surface area contributed by atoms with Crippen molar-refractivity contribution in [2.75, 3.05) is 13.7 Å². The molecule has 1 heterocycles. The van der Waals surface area contributed by atoms with Crippen molar-refractivity contribution in [2.24, 2.45) is 5.92 Å². The largest absolute Gasteiger partial charge is 0.497 e. The smallest absolute Gasteiger partial charge is 0.173 e. The Hall–Kier alpha value is -1.47. The summed E-state index contributed by atoms with van der Waals surface area (Å²) in [7, 11) is 1.64. The van der Waals surface area contributed by atoms with Crippen molar-refractivity contribution in [3.05, 3.63) is 28.5 Å². The molecular formula is C14H20BrN5O. The highest BCUT2D eigenvalue weighted by molar-refractivity contribution is 9.10. The van der Waals surface area contributed by atoms with Gasteiger partial charge in [0.25, 0.3) is 0 Å². The van der Waals surface area contributed by atoms with Crippen LogP contribution in [0.2, 0.25) is 0 Å². The Labute approximate surface area is 133 Å². The van der Waals surface area contributed by atoms with Crippen LogP contribution in [-0.2, 0) is 0 Å². The SMILES string of the molecule is COc1ccc(Br)c(-n2nnnc2C(C)NCC(C)C)c1. The van der Waals surface area contributed by atoms with E-state index in [9.17, 15) is 0 Å². The van der Waals surface area contributed by atoms with Crippen LogP contribution in [0.15, 0.2) is 22.7 Å². The number of methoxy groups -OCH3 is 1. The van der Waals surface area contributed by atoms with Crippen molar-refractivity contribution in [2.45, 2.75) is 26.8 Å². The van der Waals surface area contributed by atoms with Gasteiger partial charge in [-0.3, -0.25) is 0 Å². The van der Waals surface area contributed by atoms with Crippen molar-refractivity contribution in [3.8, 4) is 11.4 Å². The molecular weight excluding hydrogens is 334 g/mol. The standard InChI is InChI=1S/C14H20BrN5O/c1-9(2)8-16-10(3)14-17-18-19-20(14)13-7-11(21-4)5-6-12(13)15/h5-7,9-10,16H,8H2,1-4H3. The molecule has 1 aromatic carbocycles. The maximum absolute atomic E-state index is 5.27. The van der Waals surface area contributed by atoms with Gasteiger partial charge in [0.15, 0.2) is 5.82 Å². The molecule has 0 radical (unpaired) electrons. The average molecular weight is 354 g/mol. The summed E-state index contributed by atoms with van der Waals surface area (Å²) in [6.07, 6.45) is 0. The quantitative estimate of drug-likeness (QED) is 0.864. The van der Waals surface area contributed by atoms with Crippen LogP contribution in [0.25, 0.3) is 5.69 Å². The van der Waals surface area contributed by atoms with Crippen molar-refractivity contribution in [1.29, 1.82) is 0 Å². The highest BCUT2D eigenvalue weighted by Crippen LogP contribution is 2.27. The highest BCUT2D eigenvalue weighted by atomic mass is 79.9. The Morgan fingerprint density at radius 3 is 2.76 bits per heavy atom. The Balaban J connectivity index is 2.31. The van der Waals surface area contributed by atoms with E-state index in [-0.39, 0.29) is 6.04 Å². The molecule has 114 valence electrons. The third kappa shape index (κ3) is 3.79. The van der Waals surface area contributed by atoms with Gasteiger partial charge in [-0.2, -0.15) is 4.68 Å². The van der Waals surface area contributed by atoms with Gasteiger partial charge < -0.3 is 10.1 Å². The normalized spacial score (nSPS) is 12.7. The molecule has 0 saturated carbocycles. The number of nitrogens with zero attached hydrogens (tertiary/aromatic N) is 4. The molecule has 6 nitrogen and oxygen atoms in total. The zero-order valence-electron chi connectivity index (χ0n) is 12.7. The molecule has 0 saturated heterocycles. The van der Waals surface area contributed by atoms with E-state index in [0.29, 0.717) is 5.92 Å². The van der Waals surface area contributed by atoms with E-state index in [0.717, 1.165) is 28.3 Å². The van der Waals surface area contributed by atoms with Gasteiger partial charge in [-0.15, -0.1) is 5.10 Å². The summed E-state index contributed by atoms with van der Waals surface area (Å²) in [5.41, 5.74) is 0.854. The predicted molar refractivity (Wildman–Crippen MR) is 84.7 cm³/mol. The van der Waals surface area contributed by atoms with Crippen LogP contribution in [0.1, 0.15) is 32.6 Å². The molecule has 7 heteroatoms. The van der Waals surface area contributed by atoms with Crippen LogP contribution in [0, 0.1) is 5.92 Å². The molecule has 0 aliphatic rings. The second kappa shape index (κ2) is 7.00. The molecule has 0 fully saturated rings. The second-order valence-corrected chi connectivity index (χ2v) is 6.14. The fourth-order valence-electron chi connectivity index (χ4n) is 1.92. The number of hydrogen-bond acceptors (Lipinski definition) is 5. The lowest BCUT2D eigenvalue weighted by molar-refractivity contribution is 0.414. The molecule has 0 aliphatic carbocycles.